The van der Waals surface area contributed by atoms with Gasteiger partial charge in [0.1, 0.15) is 11.4 Å². The molecule has 5 aromatic rings. The highest BCUT2D eigenvalue weighted by atomic mass is 16.3. The van der Waals surface area contributed by atoms with Crippen LogP contribution in [0.5, 0.6) is 5.75 Å². The molecular weight excluding hydrogens is 288 g/mol. The van der Waals surface area contributed by atoms with Crippen LogP contribution < -0.4 is 5.56 Å². The summed E-state index contributed by atoms with van der Waals surface area (Å²) in [6.45, 7) is 1.98. The van der Waals surface area contributed by atoms with Crippen molar-refractivity contribution >= 4 is 38.2 Å². The first kappa shape index (κ1) is 12.4. The van der Waals surface area contributed by atoms with Crippen molar-refractivity contribution in [3.05, 3.63) is 64.4 Å². The van der Waals surface area contributed by atoms with Crippen LogP contribution in [0.4, 0.5) is 0 Å². The van der Waals surface area contributed by atoms with Crippen LogP contribution in [0.15, 0.2) is 53.3 Å². The molecule has 110 valence electrons. The molecule has 0 aliphatic rings. The molecule has 0 saturated carbocycles. The van der Waals surface area contributed by atoms with Crippen molar-refractivity contribution in [3.8, 4) is 5.75 Å². The third-order valence-electron chi connectivity index (χ3n) is 4.55. The van der Waals surface area contributed by atoms with Gasteiger partial charge in [-0.3, -0.25) is 9.20 Å². The second-order valence-electron chi connectivity index (χ2n) is 5.91. The Balaban J connectivity index is 2.24. The average Bonchev–Trinajstić information content (AvgIpc) is 2.93. The number of aromatic nitrogens is 2. The lowest BCUT2D eigenvalue weighted by molar-refractivity contribution is 0.476. The fraction of sp³-hybridized carbons (Fsp3) is 0.0526. The molecule has 4 nitrogen and oxygen atoms in total. The van der Waals surface area contributed by atoms with Gasteiger partial charge in [-0.05, 0) is 42.1 Å². The Morgan fingerprint density at radius 2 is 1.78 bits per heavy atom. The van der Waals surface area contributed by atoms with E-state index in [1.807, 2.05) is 43.3 Å². The molecule has 1 N–H and O–H groups in total. The maximum atomic E-state index is 13.0. The van der Waals surface area contributed by atoms with Gasteiger partial charge in [-0.15, -0.1) is 0 Å². The number of para-hydroxylation sites is 2. The minimum atomic E-state index is -0.146. The summed E-state index contributed by atoms with van der Waals surface area (Å²) in [5, 5.41) is 13.2. The number of fused-ring (bicyclic) bond motifs is 4. The summed E-state index contributed by atoms with van der Waals surface area (Å²) in [6, 6.07) is 14.9. The molecule has 0 aliphatic carbocycles. The lowest BCUT2D eigenvalue weighted by Crippen LogP contribution is -2.13. The highest BCUT2D eigenvalue weighted by Crippen LogP contribution is 2.33. The van der Waals surface area contributed by atoms with Crippen LogP contribution >= 0.6 is 0 Å². The van der Waals surface area contributed by atoms with Crippen LogP contribution in [0.2, 0.25) is 0 Å². The smallest absolute Gasteiger partial charge is 0.264 e. The molecule has 0 saturated heterocycles. The summed E-state index contributed by atoms with van der Waals surface area (Å²) in [4.78, 5) is 17.7. The van der Waals surface area contributed by atoms with Crippen LogP contribution in [-0.4, -0.2) is 14.5 Å². The molecule has 5 rings (SSSR count). The molecule has 0 fully saturated rings. The number of aryl methyl sites for hydroxylation is 1. The number of aromatic hydroxyl groups is 1. The summed E-state index contributed by atoms with van der Waals surface area (Å²) in [5.74, 6) is 0.106. The van der Waals surface area contributed by atoms with Gasteiger partial charge in [0, 0.05) is 10.8 Å². The van der Waals surface area contributed by atoms with Crippen LogP contribution in [0.3, 0.4) is 0 Å². The first-order chi connectivity index (χ1) is 11.1. The molecule has 0 bridgehead atoms. The topological polar surface area (TPSA) is 54.6 Å². The van der Waals surface area contributed by atoms with Crippen LogP contribution in [0, 0.1) is 6.92 Å². The Morgan fingerprint density at radius 1 is 1.00 bits per heavy atom. The van der Waals surface area contributed by atoms with Gasteiger partial charge >= 0.3 is 0 Å². The van der Waals surface area contributed by atoms with Crippen molar-refractivity contribution in [2.24, 2.45) is 0 Å². The summed E-state index contributed by atoms with van der Waals surface area (Å²) in [6.07, 6.45) is 0. The van der Waals surface area contributed by atoms with Crippen LogP contribution in [0.1, 0.15) is 5.56 Å². The van der Waals surface area contributed by atoms with E-state index in [1.165, 1.54) is 0 Å². The molecule has 0 atom stereocenters. The van der Waals surface area contributed by atoms with Gasteiger partial charge in [-0.2, -0.15) is 0 Å². The zero-order valence-electron chi connectivity index (χ0n) is 12.4. The Labute approximate surface area is 130 Å². The molecule has 0 spiro atoms. The van der Waals surface area contributed by atoms with E-state index in [2.05, 4.69) is 4.98 Å². The SMILES string of the molecule is Cc1ccc2c3c1cc(O)cc3c(=O)n1c3ccccc3nc21. The third kappa shape index (κ3) is 1.45. The zero-order valence-corrected chi connectivity index (χ0v) is 12.4. The molecular formula is C19H12N2O2. The highest BCUT2D eigenvalue weighted by Gasteiger charge is 2.17. The van der Waals surface area contributed by atoms with Crippen LogP contribution in [-0.2, 0) is 0 Å². The van der Waals surface area contributed by atoms with E-state index < -0.39 is 0 Å². The standard InChI is InChI=1S/C19H12N2O2/c1-10-6-7-12-17-13(10)8-11(22)9-14(17)19(23)21-16-5-3-2-4-15(16)20-18(12)21/h2-9,22H,1H3. The van der Waals surface area contributed by atoms with Crippen molar-refractivity contribution in [1.82, 2.24) is 9.38 Å². The largest absolute Gasteiger partial charge is 0.508 e. The maximum absolute atomic E-state index is 13.0. The minimum absolute atomic E-state index is 0.106. The van der Waals surface area contributed by atoms with E-state index in [9.17, 15) is 9.90 Å². The number of hydrogen-bond acceptors (Lipinski definition) is 3. The van der Waals surface area contributed by atoms with Gasteiger partial charge in [0.05, 0.1) is 16.4 Å². The fourth-order valence-corrected chi connectivity index (χ4v) is 3.50. The Kier molecular flexibility index (Phi) is 2.15. The molecule has 2 aromatic heterocycles. The zero-order chi connectivity index (χ0) is 15.7. The molecule has 0 aliphatic heterocycles. The van der Waals surface area contributed by atoms with E-state index >= 15 is 0 Å². The highest BCUT2D eigenvalue weighted by molar-refractivity contribution is 6.16. The lowest BCUT2D eigenvalue weighted by Gasteiger charge is -2.10. The molecule has 4 heteroatoms. The predicted molar refractivity (Wildman–Crippen MR) is 91.6 cm³/mol. The summed E-state index contributed by atoms with van der Waals surface area (Å²) in [7, 11) is 0. The van der Waals surface area contributed by atoms with Crippen molar-refractivity contribution < 1.29 is 5.11 Å². The van der Waals surface area contributed by atoms with Gasteiger partial charge in [0.15, 0.2) is 0 Å². The third-order valence-corrected chi connectivity index (χ3v) is 4.55. The minimum Gasteiger partial charge on any atom is -0.508 e. The van der Waals surface area contributed by atoms with Gasteiger partial charge in [-0.1, -0.05) is 24.3 Å². The van der Waals surface area contributed by atoms with Gasteiger partial charge in [-0.25, -0.2) is 4.98 Å². The number of rotatable bonds is 0. The second kappa shape index (κ2) is 3.98. The quantitative estimate of drug-likeness (QED) is 0.475. The summed E-state index contributed by atoms with van der Waals surface area (Å²) < 4.78 is 1.64. The van der Waals surface area contributed by atoms with E-state index in [4.69, 9.17) is 0 Å². The molecule has 2 heterocycles. The van der Waals surface area contributed by atoms with Crippen molar-refractivity contribution in [3.63, 3.8) is 0 Å². The number of imidazole rings is 1. The molecule has 0 radical (unpaired) electrons. The first-order valence-electron chi connectivity index (χ1n) is 7.44. The summed E-state index contributed by atoms with van der Waals surface area (Å²) in [5.41, 5.74) is 3.13. The Morgan fingerprint density at radius 3 is 2.65 bits per heavy atom. The number of phenols is 1. The normalized spacial score (nSPS) is 12.0. The van der Waals surface area contributed by atoms with E-state index in [-0.39, 0.29) is 11.3 Å². The number of nitrogens with zero attached hydrogens (tertiary/aromatic N) is 2. The monoisotopic (exact) mass is 300 g/mol. The van der Waals surface area contributed by atoms with Crippen LogP contribution in [0.25, 0.3) is 38.2 Å². The first-order valence-corrected chi connectivity index (χ1v) is 7.44. The van der Waals surface area contributed by atoms with Crippen molar-refractivity contribution in [2.75, 3.05) is 0 Å². The number of hydrogen-bond donors (Lipinski definition) is 1. The van der Waals surface area contributed by atoms with Gasteiger partial charge < -0.3 is 5.11 Å². The second-order valence-corrected chi connectivity index (χ2v) is 5.91. The van der Waals surface area contributed by atoms with Crippen molar-refractivity contribution in [2.45, 2.75) is 6.92 Å². The molecule has 0 unspecified atom stereocenters. The van der Waals surface area contributed by atoms with E-state index in [0.717, 1.165) is 32.8 Å². The molecule has 23 heavy (non-hydrogen) atoms. The van der Waals surface area contributed by atoms with E-state index in [1.54, 1.807) is 16.5 Å². The summed E-state index contributed by atoms with van der Waals surface area (Å²) >= 11 is 0. The van der Waals surface area contributed by atoms with E-state index in [0.29, 0.717) is 11.0 Å². The number of pyridine rings is 1. The molecule has 3 aromatic carbocycles. The number of benzene rings is 3. The lowest BCUT2D eigenvalue weighted by atomic mass is 9.98. The Hall–Kier alpha value is -3.14. The Bertz CT molecular complexity index is 1300. The van der Waals surface area contributed by atoms with Gasteiger partial charge in [0.25, 0.3) is 5.56 Å². The van der Waals surface area contributed by atoms with Gasteiger partial charge in [0.2, 0.25) is 0 Å². The maximum Gasteiger partial charge on any atom is 0.264 e. The average molecular weight is 300 g/mol. The molecule has 0 amide bonds. The number of phenolic OH excluding ortho intramolecular Hbond substituents is 1. The fourth-order valence-electron chi connectivity index (χ4n) is 3.50. The predicted octanol–water partition coefficient (Wildman–Crippen LogP) is 3.61. The van der Waals surface area contributed by atoms with Crippen molar-refractivity contribution in [1.29, 1.82) is 0 Å².